The van der Waals surface area contributed by atoms with Crippen LogP contribution in [-0.2, 0) is 0 Å². The molecule has 96 valence electrons. The molecule has 0 unspecified atom stereocenters. The van der Waals surface area contributed by atoms with Crippen LogP contribution in [-0.4, -0.2) is 11.5 Å². The van der Waals surface area contributed by atoms with Gasteiger partial charge < -0.3 is 5.32 Å². The third kappa shape index (κ3) is 1.82. The minimum absolute atomic E-state index is 0.0946. The van der Waals surface area contributed by atoms with E-state index in [2.05, 4.69) is 10.3 Å². The number of hydrogen-bond donors (Lipinski definition) is 1. The number of halogens is 2. The molecular weight excluding hydrogens is 234 g/mol. The molecule has 2 aromatic rings. The van der Waals surface area contributed by atoms with E-state index >= 15 is 0 Å². The van der Waals surface area contributed by atoms with Gasteiger partial charge in [-0.2, -0.15) is 0 Å². The number of aromatic nitrogens is 1. The predicted molar refractivity (Wildman–Crippen MR) is 70.0 cm³/mol. The van der Waals surface area contributed by atoms with Gasteiger partial charge in [0, 0.05) is 12.2 Å². The summed E-state index contributed by atoms with van der Waals surface area (Å²) in [7, 11) is 0. The number of hydrogen-bond acceptors (Lipinski definition) is 2. The summed E-state index contributed by atoms with van der Waals surface area (Å²) in [6.07, 6.45) is 0. The van der Waals surface area contributed by atoms with E-state index in [1.54, 1.807) is 13.8 Å². The number of anilines is 1. The second-order valence-electron chi connectivity index (χ2n) is 4.44. The number of rotatable bonds is 2. The summed E-state index contributed by atoms with van der Waals surface area (Å²) in [5.74, 6) is -0.885. The number of pyridine rings is 1. The Morgan fingerprint density at radius 1 is 1.22 bits per heavy atom. The van der Waals surface area contributed by atoms with Crippen molar-refractivity contribution >= 4 is 16.6 Å². The number of nitrogens with one attached hydrogen (secondary N) is 1. The van der Waals surface area contributed by atoms with E-state index in [0.29, 0.717) is 23.5 Å². The minimum Gasteiger partial charge on any atom is -0.384 e. The highest BCUT2D eigenvalue weighted by molar-refractivity contribution is 5.94. The molecule has 18 heavy (non-hydrogen) atoms. The molecule has 0 atom stereocenters. The van der Waals surface area contributed by atoms with Crippen LogP contribution >= 0.6 is 0 Å². The van der Waals surface area contributed by atoms with Crippen molar-refractivity contribution in [3.8, 4) is 0 Å². The van der Waals surface area contributed by atoms with Gasteiger partial charge in [-0.1, -0.05) is 0 Å². The van der Waals surface area contributed by atoms with E-state index < -0.39 is 11.6 Å². The number of aryl methyl sites for hydroxylation is 2. The van der Waals surface area contributed by atoms with Crippen molar-refractivity contribution in [3.63, 3.8) is 0 Å². The summed E-state index contributed by atoms with van der Waals surface area (Å²) in [5, 5.41) is 3.36. The van der Waals surface area contributed by atoms with Gasteiger partial charge in [-0.25, -0.2) is 13.8 Å². The van der Waals surface area contributed by atoms with Gasteiger partial charge in [0.2, 0.25) is 0 Å². The molecular formula is C14H16F2N2. The minimum atomic E-state index is -0.480. The quantitative estimate of drug-likeness (QED) is 0.875. The highest BCUT2D eigenvalue weighted by Crippen LogP contribution is 2.32. The summed E-state index contributed by atoms with van der Waals surface area (Å²) in [6.45, 7) is 7.79. The van der Waals surface area contributed by atoms with Gasteiger partial charge >= 0.3 is 0 Å². The van der Waals surface area contributed by atoms with Crippen LogP contribution in [0.25, 0.3) is 10.9 Å². The van der Waals surface area contributed by atoms with Gasteiger partial charge in [0.05, 0.1) is 11.1 Å². The topological polar surface area (TPSA) is 24.9 Å². The third-order valence-electron chi connectivity index (χ3n) is 3.17. The molecule has 2 nitrogen and oxygen atoms in total. The van der Waals surface area contributed by atoms with E-state index in [9.17, 15) is 8.78 Å². The van der Waals surface area contributed by atoms with E-state index in [1.807, 2.05) is 13.8 Å². The first-order valence-corrected chi connectivity index (χ1v) is 5.96. The maximum Gasteiger partial charge on any atom is 0.149 e. The van der Waals surface area contributed by atoms with Crippen LogP contribution in [0.2, 0.25) is 0 Å². The molecule has 0 saturated carbocycles. The molecule has 0 saturated heterocycles. The fourth-order valence-corrected chi connectivity index (χ4v) is 2.10. The normalized spacial score (nSPS) is 11.0. The van der Waals surface area contributed by atoms with E-state index in [-0.39, 0.29) is 10.9 Å². The van der Waals surface area contributed by atoms with Crippen LogP contribution in [0.1, 0.15) is 23.7 Å². The van der Waals surface area contributed by atoms with E-state index in [0.717, 1.165) is 5.56 Å². The SMILES string of the molecule is CCNc1c(C)c(C)nc2c(F)cc(C)c(F)c12. The van der Waals surface area contributed by atoms with Crippen molar-refractivity contribution in [3.05, 3.63) is 34.5 Å². The van der Waals surface area contributed by atoms with E-state index in [4.69, 9.17) is 0 Å². The Kier molecular flexibility index (Phi) is 3.20. The largest absolute Gasteiger partial charge is 0.384 e. The highest BCUT2D eigenvalue weighted by atomic mass is 19.1. The van der Waals surface area contributed by atoms with Gasteiger partial charge in [0.25, 0.3) is 0 Å². The first-order chi connectivity index (χ1) is 8.47. The smallest absolute Gasteiger partial charge is 0.149 e. The summed E-state index contributed by atoms with van der Waals surface area (Å²) in [6, 6.07) is 1.19. The molecule has 1 heterocycles. The van der Waals surface area contributed by atoms with Crippen molar-refractivity contribution in [1.82, 2.24) is 4.98 Å². The molecule has 4 heteroatoms. The Morgan fingerprint density at radius 3 is 2.50 bits per heavy atom. The molecule has 1 aromatic heterocycles. The average molecular weight is 250 g/mol. The molecule has 0 radical (unpaired) electrons. The number of fused-ring (bicyclic) bond motifs is 1. The zero-order valence-electron chi connectivity index (χ0n) is 11.0. The molecule has 0 spiro atoms. The molecule has 1 aromatic carbocycles. The lowest BCUT2D eigenvalue weighted by Crippen LogP contribution is -2.05. The van der Waals surface area contributed by atoms with Crippen molar-refractivity contribution < 1.29 is 8.78 Å². The van der Waals surface area contributed by atoms with Crippen LogP contribution in [0.4, 0.5) is 14.5 Å². The second kappa shape index (κ2) is 4.52. The van der Waals surface area contributed by atoms with E-state index in [1.165, 1.54) is 6.07 Å². The van der Waals surface area contributed by atoms with Crippen LogP contribution in [0.5, 0.6) is 0 Å². The zero-order valence-corrected chi connectivity index (χ0v) is 11.0. The van der Waals surface area contributed by atoms with Crippen LogP contribution < -0.4 is 5.32 Å². The maximum absolute atomic E-state index is 14.2. The zero-order chi connectivity index (χ0) is 13.4. The molecule has 0 aliphatic rings. The first kappa shape index (κ1) is 12.7. The van der Waals surface area contributed by atoms with Crippen molar-refractivity contribution in [2.24, 2.45) is 0 Å². The monoisotopic (exact) mass is 250 g/mol. The summed E-state index contributed by atoms with van der Waals surface area (Å²) in [5.41, 5.74) is 2.59. The Balaban J connectivity index is 2.97. The Hall–Kier alpha value is -1.71. The standard InChI is InChI=1S/C14H16F2N2/c1-5-17-13-8(3)9(4)18-14-10(15)6-7(2)12(16)11(13)14/h6H,5H2,1-4H3,(H,17,18). The molecule has 2 rings (SSSR count). The molecule has 0 aliphatic carbocycles. The summed E-state index contributed by atoms with van der Waals surface area (Å²) >= 11 is 0. The van der Waals surface area contributed by atoms with Crippen molar-refractivity contribution in [1.29, 1.82) is 0 Å². The molecule has 1 N–H and O–H groups in total. The molecule has 0 bridgehead atoms. The summed E-state index contributed by atoms with van der Waals surface area (Å²) < 4.78 is 28.1. The maximum atomic E-state index is 14.2. The van der Waals surface area contributed by atoms with Crippen molar-refractivity contribution in [2.75, 3.05) is 11.9 Å². The lowest BCUT2D eigenvalue weighted by molar-refractivity contribution is 0.607. The fourth-order valence-electron chi connectivity index (χ4n) is 2.10. The predicted octanol–water partition coefficient (Wildman–Crippen LogP) is 3.87. The van der Waals surface area contributed by atoms with Crippen LogP contribution in [0, 0.1) is 32.4 Å². The van der Waals surface area contributed by atoms with Crippen molar-refractivity contribution in [2.45, 2.75) is 27.7 Å². The van der Waals surface area contributed by atoms with Gasteiger partial charge in [0.1, 0.15) is 17.2 Å². The first-order valence-electron chi connectivity index (χ1n) is 5.96. The number of nitrogens with zero attached hydrogens (tertiary/aromatic N) is 1. The average Bonchev–Trinajstić information content (AvgIpc) is 2.32. The third-order valence-corrected chi connectivity index (χ3v) is 3.17. The lowest BCUT2D eigenvalue weighted by atomic mass is 10.0. The van der Waals surface area contributed by atoms with Crippen LogP contribution in [0.15, 0.2) is 6.07 Å². The lowest BCUT2D eigenvalue weighted by Gasteiger charge is -2.15. The van der Waals surface area contributed by atoms with Crippen LogP contribution in [0.3, 0.4) is 0 Å². The molecule has 0 fully saturated rings. The second-order valence-corrected chi connectivity index (χ2v) is 4.44. The Labute approximate surface area is 105 Å². The molecule has 0 amide bonds. The fraction of sp³-hybridized carbons (Fsp3) is 0.357. The Morgan fingerprint density at radius 2 is 1.89 bits per heavy atom. The Bertz CT molecular complexity index is 621. The van der Waals surface area contributed by atoms with Gasteiger partial charge in [0.15, 0.2) is 0 Å². The van der Waals surface area contributed by atoms with Gasteiger partial charge in [-0.05, 0) is 44.9 Å². The highest BCUT2D eigenvalue weighted by Gasteiger charge is 2.17. The van der Waals surface area contributed by atoms with Gasteiger partial charge in [-0.3, -0.25) is 0 Å². The number of benzene rings is 1. The summed E-state index contributed by atoms with van der Waals surface area (Å²) in [4.78, 5) is 4.16. The van der Waals surface area contributed by atoms with Gasteiger partial charge in [-0.15, -0.1) is 0 Å². The molecule has 0 aliphatic heterocycles.